The first kappa shape index (κ1) is 14.3. The van der Waals surface area contributed by atoms with Crippen LogP contribution >= 0.6 is 0 Å². The Balaban J connectivity index is 1.87. The zero-order valence-electron chi connectivity index (χ0n) is 12.5. The van der Waals surface area contributed by atoms with Gasteiger partial charge in [-0.1, -0.05) is 39.0 Å². The second-order valence-electron chi connectivity index (χ2n) is 6.32. The summed E-state index contributed by atoms with van der Waals surface area (Å²) in [5.41, 5.74) is 0. The van der Waals surface area contributed by atoms with E-state index < -0.39 is 0 Å². The predicted molar refractivity (Wildman–Crippen MR) is 78.9 cm³/mol. The first-order valence-corrected chi connectivity index (χ1v) is 8.26. The van der Waals surface area contributed by atoms with Crippen molar-refractivity contribution >= 4 is 0 Å². The van der Waals surface area contributed by atoms with E-state index in [1.54, 1.807) is 0 Å². The number of rotatable bonds is 5. The van der Waals surface area contributed by atoms with Crippen LogP contribution in [-0.4, -0.2) is 37.1 Å². The van der Waals surface area contributed by atoms with E-state index in [0.29, 0.717) is 0 Å². The van der Waals surface area contributed by atoms with Crippen molar-refractivity contribution in [3.05, 3.63) is 0 Å². The Kier molecular flexibility index (Phi) is 5.97. The van der Waals surface area contributed by atoms with Crippen molar-refractivity contribution in [1.29, 1.82) is 0 Å². The average molecular weight is 252 g/mol. The van der Waals surface area contributed by atoms with Crippen LogP contribution in [0.2, 0.25) is 0 Å². The third-order valence-corrected chi connectivity index (χ3v) is 5.25. The number of hydrogen-bond donors (Lipinski definition) is 1. The summed E-state index contributed by atoms with van der Waals surface area (Å²) in [6.07, 6.45) is 13.0. The smallest absolute Gasteiger partial charge is 0.0104 e. The van der Waals surface area contributed by atoms with Gasteiger partial charge in [-0.15, -0.1) is 0 Å². The van der Waals surface area contributed by atoms with Gasteiger partial charge in [-0.05, 0) is 45.2 Å². The van der Waals surface area contributed by atoms with Gasteiger partial charge in [0.15, 0.2) is 0 Å². The molecular formula is C16H32N2. The summed E-state index contributed by atoms with van der Waals surface area (Å²) in [5.74, 6) is 0.894. The molecule has 2 rings (SSSR count). The summed E-state index contributed by atoms with van der Waals surface area (Å²) in [5, 5.41) is 3.56. The molecule has 18 heavy (non-hydrogen) atoms. The Hall–Kier alpha value is -0.0800. The minimum Gasteiger partial charge on any atom is -0.317 e. The molecule has 0 bridgehead atoms. The van der Waals surface area contributed by atoms with Gasteiger partial charge in [0.1, 0.15) is 0 Å². The fourth-order valence-electron chi connectivity index (χ4n) is 4.09. The molecular weight excluding hydrogens is 220 g/mol. The summed E-state index contributed by atoms with van der Waals surface area (Å²) >= 11 is 0. The lowest BCUT2D eigenvalue weighted by molar-refractivity contribution is 0.113. The highest BCUT2D eigenvalue weighted by Crippen LogP contribution is 2.28. The Labute approximate surface area is 114 Å². The molecule has 106 valence electrons. The zero-order chi connectivity index (χ0) is 12.8. The Morgan fingerprint density at radius 2 is 1.61 bits per heavy atom. The second-order valence-corrected chi connectivity index (χ2v) is 6.32. The predicted octanol–water partition coefficient (Wildman–Crippen LogP) is 3.42. The van der Waals surface area contributed by atoms with Gasteiger partial charge < -0.3 is 10.2 Å². The van der Waals surface area contributed by atoms with Crippen molar-refractivity contribution in [1.82, 2.24) is 10.2 Å². The molecule has 0 radical (unpaired) electrons. The van der Waals surface area contributed by atoms with Gasteiger partial charge in [-0.25, -0.2) is 0 Å². The van der Waals surface area contributed by atoms with E-state index in [2.05, 4.69) is 24.2 Å². The molecule has 2 heteroatoms. The van der Waals surface area contributed by atoms with Gasteiger partial charge in [0.05, 0.1) is 0 Å². The topological polar surface area (TPSA) is 15.3 Å². The van der Waals surface area contributed by atoms with E-state index in [9.17, 15) is 0 Å². The fourth-order valence-corrected chi connectivity index (χ4v) is 4.09. The normalized spacial score (nSPS) is 30.8. The van der Waals surface area contributed by atoms with Crippen molar-refractivity contribution in [2.24, 2.45) is 5.92 Å². The standard InChI is InChI=1S/C16H32N2/c1-3-18(15-10-5-4-6-11-15)13-14-9-7-8-12-16(14)17-2/h14-17H,3-13H2,1-2H3. The Morgan fingerprint density at radius 3 is 2.28 bits per heavy atom. The summed E-state index contributed by atoms with van der Waals surface area (Å²) in [6.45, 7) is 4.94. The van der Waals surface area contributed by atoms with Crippen molar-refractivity contribution in [2.45, 2.75) is 76.8 Å². The maximum atomic E-state index is 3.56. The molecule has 2 unspecified atom stereocenters. The number of nitrogens with one attached hydrogen (secondary N) is 1. The lowest BCUT2D eigenvalue weighted by Gasteiger charge is -2.39. The van der Waals surface area contributed by atoms with Crippen LogP contribution in [0.1, 0.15) is 64.7 Å². The molecule has 0 aromatic carbocycles. The van der Waals surface area contributed by atoms with Gasteiger partial charge in [0, 0.05) is 18.6 Å². The molecule has 2 aliphatic carbocycles. The highest BCUT2D eigenvalue weighted by molar-refractivity contribution is 4.84. The maximum absolute atomic E-state index is 3.56. The minimum absolute atomic E-state index is 0.774. The van der Waals surface area contributed by atoms with E-state index >= 15 is 0 Å². The summed E-state index contributed by atoms with van der Waals surface area (Å²) < 4.78 is 0. The van der Waals surface area contributed by atoms with E-state index in [4.69, 9.17) is 0 Å². The SMILES string of the molecule is CCN(CC1CCCCC1NC)C1CCCCC1. The van der Waals surface area contributed by atoms with Crippen LogP contribution < -0.4 is 5.32 Å². The van der Waals surface area contributed by atoms with Gasteiger partial charge in [0.25, 0.3) is 0 Å². The van der Waals surface area contributed by atoms with Crippen LogP contribution in [0.3, 0.4) is 0 Å². The largest absolute Gasteiger partial charge is 0.317 e. The summed E-state index contributed by atoms with van der Waals surface area (Å²) in [7, 11) is 2.15. The van der Waals surface area contributed by atoms with Gasteiger partial charge in [-0.3, -0.25) is 0 Å². The van der Waals surface area contributed by atoms with E-state index in [1.807, 2.05) is 0 Å². The third kappa shape index (κ3) is 3.71. The van der Waals surface area contributed by atoms with Crippen LogP contribution in [0.15, 0.2) is 0 Å². The van der Waals surface area contributed by atoms with Crippen LogP contribution in [0.4, 0.5) is 0 Å². The highest BCUT2D eigenvalue weighted by Gasteiger charge is 2.28. The van der Waals surface area contributed by atoms with Crippen molar-refractivity contribution < 1.29 is 0 Å². The van der Waals surface area contributed by atoms with Crippen molar-refractivity contribution in [3.8, 4) is 0 Å². The van der Waals surface area contributed by atoms with Crippen LogP contribution in [0.25, 0.3) is 0 Å². The number of hydrogen-bond acceptors (Lipinski definition) is 2. The average Bonchev–Trinajstić information content (AvgIpc) is 2.46. The molecule has 0 heterocycles. The van der Waals surface area contributed by atoms with Gasteiger partial charge in [-0.2, -0.15) is 0 Å². The Morgan fingerprint density at radius 1 is 0.944 bits per heavy atom. The van der Waals surface area contributed by atoms with Crippen LogP contribution in [0.5, 0.6) is 0 Å². The monoisotopic (exact) mass is 252 g/mol. The van der Waals surface area contributed by atoms with Crippen molar-refractivity contribution in [2.75, 3.05) is 20.1 Å². The van der Waals surface area contributed by atoms with Crippen LogP contribution in [-0.2, 0) is 0 Å². The molecule has 2 saturated carbocycles. The number of nitrogens with zero attached hydrogens (tertiary/aromatic N) is 1. The van der Waals surface area contributed by atoms with Crippen molar-refractivity contribution in [3.63, 3.8) is 0 Å². The molecule has 2 aliphatic rings. The molecule has 2 nitrogen and oxygen atoms in total. The first-order chi connectivity index (χ1) is 8.85. The lowest BCUT2D eigenvalue weighted by atomic mass is 9.83. The molecule has 0 amide bonds. The van der Waals surface area contributed by atoms with Gasteiger partial charge in [0.2, 0.25) is 0 Å². The van der Waals surface area contributed by atoms with Crippen LogP contribution in [0, 0.1) is 5.92 Å². The zero-order valence-corrected chi connectivity index (χ0v) is 12.5. The third-order valence-electron chi connectivity index (χ3n) is 5.25. The van der Waals surface area contributed by atoms with E-state index in [0.717, 1.165) is 18.0 Å². The summed E-state index contributed by atoms with van der Waals surface area (Å²) in [6, 6.07) is 1.67. The van der Waals surface area contributed by atoms with Gasteiger partial charge >= 0.3 is 0 Å². The molecule has 0 aromatic heterocycles. The molecule has 2 fully saturated rings. The minimum atomic E-state index is 0.774. The highest BCUT2D eigenvalue weighted by atomic mass is 15.2. The molecule has 0 saturated heterocycles. The first-order valence-electron chi connectivity index (χ1n) is 8.26. The molecule has 2 atom stereocenters. The fraction of sp³-hybridized carbons (Fsp3) is 1.00. The van der Waals surface area contributed by atoms with E-state index in [-0.39, 0.29) is 0 Å². The molecule has 0 aromatic rings. The Bertz CT molecular complexity index is 223. The lowest BCUT2D eigenvalue weighted by Crippen LogP contribution is -2.46. The molecule has 1 N–H and O–H groups in total. The quantitative estimate of drug-likeness (QED) is 0.806. The van der Waals surface area contributed by atoms with E-state index in [1.165, 1.54) is 70.9 Å². The molecule has 0 aliphatic heterocycles. The maximum Gasteiger partial charge on any atom is 0.0104 e. The summed E-state index contributed by atoms with van der Waals surface area (Å²) in [4.78, 5) is 2.79. The second kappa shape index (κ2) is 7.49. The molecule has 0 spiro atoms.